The molecule has 0 unspecified atom stereocenters. The third-order valence-electron chi connectivity index (χ3n) is 7.46. The highest BCUT2D eigenvalue weighted by atomic mass is 32.2. The number of rotatable bonds is 4. The van der Waals surface area contributed by atoms with Gasteiger partial charge < -0.3 is 10.1 Å². The topological polar surface area (TPSA) is 59.9 Å². The number of nitrogens with one attached hydrogen (secondary N) is 1. The van der Waals surface area contributed by atoms with Crippen LogP contribution in [0, 0.1) is 23.2 Å². The minimum atomic E-state index is -0.152. The standard InChI is InChI=1S/C26H32N4OS/c1-5-13-32-25-28-24-22(29-30-25)18-10-6-7-11-21(18)27-23(31-24)19-15-20-17(14-16(19)2)9-8-12-26(20,3)4/h5-7,9-11,16,19-20,23,27H,1,8,12-15H2,2-4H3/t16-,19+,20-,23+/m0/s1. The van der Waals surface area contributed by atoms with Crippen LogP contribution < -0.4 is 10.1 Å². The van der Waals surface area contributed by atoms with Gasteiger partial charge in [0.25, 0.3) is 0 Å². The molecule has 1 fully saturated rings. The zero-order chi connectivity index (χ0) is 22.3. The smallest absolute Gasteiger partial charge is 0.247 e. The Labute approximate surface area is 195 Å². The maximum atomic E-state index is 6.63. The highest BCUT2D eigenvalue weighted by Gasteiger charge is 2.44. The minimum Gasteiger partial charge on any atom is -0.452 e. The molecule has 32 heavy (non-hydrogen) atoms. The lowest BCUT2D eigenvalue weighted by molar-refractivity contribution is 0.0519. The van der Waals surface area contributed by atoms with Gasteiger partial charge in [-0.15, -0.1) is 16.8 Å². The number of benzene rings is 1. The van der Waals surface area contributed by atoms with Crippen molar-refractivity contribution in [1.82, 2.24) is 15.2 Å². The molecule has 2 heterocycles. The van der Waals surface area contributed by atoms with Crippen molar-refractivity contribution >= 4 is 17.4 Å². The summed E-state index contributed by atoms with van der Waals surface area (Å²) in [5.74, 6) is 2.84. The quantitative estimate of drug-likeness (QED) is 0.434. The Morgan fingerprint density at radius 3 is 2.97 bits per heavy atom. The Balaban J connectivity index is 1.51. The van der Waals surface area contributed by atoms with E-state index in [4.69, 9.17) is 9.72 Å². The first-order valence-electron chi connectivity index (χ1n) is 11.7. The Morgan fingerprint density at radius 1 is 1.28 bits per heavy atom. The lowest BCUT2D eigenvalue weighted by Crippen LogP contribution is -2.45. The van der Waals surface area contributed by atoms with Crippen molar-refractivity contribution in [3.63, 3.8) is 0 Å². The number of fused-ring (bicyclic) bond motifs is 4. The second-order valence-electron chi connectivity index (χ2n) is 10.0. The van der Waals surface area contributed by atoms with Gasteiger partial charge in [0.15, 0.2) is 11.9 Å². The van der Waals surface area contributed by atoms with Crippen molar-refractivity contribution < 1.29 is 4.74 Å². The molecule has 6 heteroatoms. The van der Waals surface area contributed by atoms with Gasteiger partial charge >= 0.3 is 0 Å². The second kappa shape index (κ2) is 8.54. The van der Waals surface area contributed by atoms with Crippen molar-refractivity contribution in [2.45, 2.75) is 57.8 Å². The molecule has 0 saturated heterocycles. The molecule has 1 aromatic heterocycles. The van der Waals surface area contributed by atoms with Crippen LogP contribution in [0.4, 0.5) is 5.69 Å². The van der Waals surface area contributed by atoms with Crippen LogP contribution in [0.5, 0.6) is 5.88 Å². The predicted octanol–water partition coefficient (Wildman–Crippen LogP) is 6.36. The summed E-state index contributed by atoms with van der Waals surface area (Å²) in [4.78, 5) is 4.76. The molecule has 1 N–H and O–H groups in total. The lowest BCUT2D eigenvalue weighted by atomic mass is 9.59. The van der Waals surface area contributed by atoms with E-state index in [0.29, 0.717) is 39.9 Å². The van der Waals surface area contributed by atoms with Crippen LogP contribution in [0.2, 0.25) is 0 Å². The number of anilines is 1. The normalized spacial score (nSPS) is 28.0. The fraction of sp³-hybridized carbons (Fsp3) is 0.500. The summed E-state index contributed by atoms with van der Waals surface area (Å²) in [6.45, 7) is 11.0. The monoisotopic (exact) mass is 448 g/mol. The molecule has 1 aromatic carbocycles. The molecule has 2 aromatic rings. The number of allylic oxidation sites excluding steroid dienone is 2. The van der Waals surface area contributed by atoms with Crippen molar-refractivity contribution in [1.29, 1.82) is 0 Å². The highest BCUT2D eigenvalue weighted by molar-refractivity contribution is 7.99. The summed E-state index contributed by atoms with van der Waals surface area (Å²) in [5, 5.41) is 13.2. The molecule has 2 aliphatic carbocycles. The van der Waals surface area contributed by atoms with Crippen molar-refractivity contribution in [2.24, 2.45) is 23.2 Å². The maximum absolute atomic E-state index is 6.63. The molecule has 5 rings (SSSR count). The second-order valence-corrected chi connectivity index (χ2v) is 11.0. The van der Waals surface area contributed by atoms with E-state index in [1.165, 1.54) is 24.6 Å². The van der Waals surface area contributed by atoms with Gasteiger partial charge in [-0.25, -0.2) is 0 Å². The van der Waals surface area contributed by atoms with Gasteiger partial charge in [0.1, 0.15) is 0 Å². The summed E-state index contributed by atoms with van der Waals surface area (Å²) < 4.78 is 6.63. The summed E-state index contributed by atoms with van der Waals surface area (Å²) in [7, 11) is 0. The number of hydrogen-bond acceptors (Lipinski definition) is 6. The third kappa shape index (κ3) is 3.94. The molecular formula is C26H32N4OS. The number of hydrogen-bond donors (Lipinski definition) is 1. The summed E-state index contributed by atoms with van der Waals surface area (Å²) in [6, 6.07) is 8.25. The summed E-state index contributed by atoms with van der Waals surface area (Å²) >= 11 is 1.52. The van der Waals surface area contributed by atoms with Gasteiger partial charge in [-0.3, -0.25) is 0 Å². The lowest BCUT2D eigenvalue weighted by Gasteiger charge is -2.48. The predicted molar refractivity (Wildman–Crippen MR) is 131 cm³/mol. The SMILES string of the molecule is C=CCSc1nnc2c(n1)O[C@H]([C@@H]1C[C@H]3C(=CCCC3(C)C)C[C@@H]1C)Nc1ccccc1-2. The van der Waals surface area contributed by atoms with Gasteiger partial charge in [-0.2, -0.15) is 4.98 Å². The number of aromatic nitrogens is 3. The van der Waals surface area contributed by atoms with Crippen LogP contribution in [0.3, 0.4) is 0 Å². The molecule has 1 aliphatic heterocycles. The number of thioether (sulfide) groups is 1. The molecule has 3 aliphatic rings. The van der Waals surface area contributed by atoms with Crippen LogP contribution in [0.25, 0.3) is 11.3 Å². The minimum absolute atomic E-state index is 0.152. The zero-order valence-electron chi connectivity index (χ0n) is 19.2. The molecule has 4 atom stereocenters. The number of para-hydroxylation sites is 1. The Hall–Kier alpha value is -2.34. The molecule has 0 bridgehead atoms. The van der Waals surface area contributed by atoms with Crippen LogP contribution >= 0.6 is 11.8 Å². The van der Waals surface area contributed by atoms with Crippen LogP contribution in [-0.4, -0.2) is 27.2 Å². The van der Waals surface area contributed by atoms with Crippen LogP contribution in [0.1, 0.15) is 46.5 Å². The van der Waals surface area contributed by atoms with Crippen molar-refractivity contribution in [3.05, 3.63) is 48.6 Å². The van der Waals surface area contributed by atoms with E-state index >= 15 is 0 Å². The Kier molecular flexibility index (Phi) is 5.74. The largest absolute Gasteiger partial charge is 0.452 e. The molecule has 0 radical (unpaired) electrons. The summed E-state index contributed by atoms with van der Waals surface area (Å²) in [6.07, 6.45) is 8.95. The first-order chi connectivity index (χ1) is 15.5. The molecular weight excluding hydrogens is 416 g/mol. The van der Waals surface area contributed by atoms with Gasteiger partial charge in [-0.1, -0.05) is 68.5 Å². The van der Waals surface area contributed by atoms with E-state index in [1.807, 2.05) is 12.1 Å². The first-order valence-corrected chi connectivity index (χ1v) is 12.6. The van der Waals surface area contributed by atoms with E-state index in [2.05, 4.69) is 67.1 Å². The van der Waals surface area contributed by atoms with Crippen LogP contribution in [-0.2, 0) is 0 Å². The fourth-order valence-electron chi connectivity index (χ4n) is 5.65. The van der Waals surface area contributed by atoms with Crippen LogP contribution in [0.15, 0.2) is 53.7 Å². The van der Waals surface area contributed by atoms with Gasteiger partial charge in [0.2, 0.25) is 11.0 Å². The average molecular weight is 449 g/mol. The first kappa shape index (κ1) is 21.5. The Bertz CT molecular complexity index is 1050. The van der Waals surface area contributed by atoms with E-state index in [-0.39, 0.29) is 6.23 Å². The number of ether oxygens (including phenoxy) is 1. The summed E-state index contributed by atoms with van der Waals surface area (Å²) in [5.41, 5.74) is 4.73. The molecule has 168 valence electrons. The molecule has 1 saturated carbocycles. The molecule has 0 amide bonds. The zero-order valence-corrected chi connectivity index (χ0v) is 20.0. The Morgan fingerprint density at radius 2 is 2.12 bits per heavy atom. The fourth-order valence-corrected chi connectivity index (χ4v) is 6.16. The van der Waals surface area contributed by atoms with E-state index in [0.717, 1.165) is 29.8 Å². The van der Waals surface area contributed by atoms with Crippen molar-refractivity contribution in [3.8, 4) is 17.1 Å². The highest BCUT2D eigenvalue weighted by Crippen LogP contribution is 2.52. The van der Waals surface area contributed by atoms with Gasteiger partial charge in [0.05, 0.1) is 0 Å². The van der Waals surface area contributed by atoms with Gasteiger partial charge in [-0.05, 0) is 49.0 Å². The van der Waals surface area contributed by atoms with E-state index < -0.39 is 0 Å². The maximum Gasteiger partial charge on any atom is 0.247 e. The third-order valence-corrected chi connectivity index (χ3v) is 8.29. The van der Waals surface area contributed by atoms with Crippen molar-refractivity contribution in [2.75, 3.05) is 11.1 Å². The average Bonchev–Trinajstić information content (AvgIpc) is 2.93. The van der Waals surface area contributed by atoms with Gasteiger partial charge in [0, 0.05) is 22.9 Å². The van der Waals surface area contributed by atoms with E-state index in [9.17, 15) is 0 Å². The molecule has 0 spiro atoms. The molecule has 5 nitrogen and oxygen atoms in total. The number of nitrogens with zero attached hydrogens (tertiary/aromatic N) is 3. The van der Waals surface area contributed by atoms with E-state index in [1.54, 1.807) is 5.57 Å².